The zero-order chi connectivity index (χ0) is 13.8. The normalized spacial score (nSPS) is 19.4. The van der Waals surface area contributed by atoms with Crippen molar-refractivity contribution in [2.75, 3.05) is 13.1 Å². The quantitative estimate of drug-likeness (QED) is 0.868. The maximum absolute atomic E-state index is 12.1. The Bertz CT molecular complexity index is 469. The topological polar surface area (TPSA) is 75.4 Å². The van der Waals surface area contributed by atoms with Gasteiger partial charge in [0, 0.05) is 32.8 Å². The molecule has 1 atom stereocenters. The van der Waals surface area contributed by atoms with Crippen LogP contribution in [0, 0.1) is 5.92 Å². The molecule has 0 spiro atoms. The number of hydrogen-bond acceptors (Lipinski definition) is 3. The second-order valence-corrected chi connectivity index (χ2v) is 5.04. The number of hydrogen-bond donors (Lipinski definition) is 1. The molecule has 1 aliphatic heterocycles. The monoisotopic (exact) mass is 265 g/mol. The summed E-state index contributed by atoms with van der Waals surface area (Å²) in [6.45, 7) is 1.02. The van der Waals surface area contributed by atoms with Gasteiger partial charge in [-0.2, -0.15) is 5.10 Å². The van der Waals surface area contributed by atoms with E-state index in [1.165, 1.54) is 0 Å². The van der Waals surface area contributed by atoms with E-state index in [4.69, 9.17) is 5.11 Å². The van der Waals surface area contributed by atoms with Crippen molar-refractivity contribution < 1.29 is 14.7 Å². The van der Waals surface area contributed by atoms with E-state index in [1.807, 2.05) is 13.2 Å². The van der Waals surface area contributed by atoms with E-state index >= 15 is 0 Å². The first-order chi connectivity index (χ1) is 9.06. The summed E-state index contributed by atoms with van der Waals surface area (Å²) in [5.41, 5.74) is 1.03. The van der Waals surface area contributed by atoms with Crippen molar-refractivity contribution >= 4 is 11.9 Å². The number of piperidine rings is 1. The highest BCUT2D eigenvalue weighted by atomic mass is 16.4. The molecule has 1 N–H and O–H groups in total. The zero-order valence-corrected chi connectivity index (χ0v) is 11.1. The van der Waals surface area contributed by atoms with Crippen LogP contribution in [0.15, 0.2) is 12.4 Å². The smallest absolute Gasteiger partial charge is 0.308 e. The van der Waals surface area contributed by atoms with Gasteiger partial charge in [-0.1, -0.05) is 0 Å². The number of aliphatic carboxylic acids is 1. The van der Waals surface area contributed by atoms with E-state index in [9.17, 15) is 9.59 Å². The fourth-order valence-corrected chi connectivity index (χ4v) is 2.42. The van der Waals surface area contributed by atoms with Crippen LogP contribution in [0.5, 0.6) is 0 Å². The number of carboxylic acid groups (broad SMARTS) is 1. The summed E-state index contributed by atoms with van der Waals surface area (Å²) < 4.78 is 1.71. The third kappa shape index (κ3) is 3.56. The first-order valence-corrected chi connectivity index (χ1v) is 6.54. The van der Waals surface area contributed by atoms with Gasteiger partial charge >= 0.3 is 5.97 Å². The summed E-state index contributed by atoms with van der Waals surface area (Å²) in [7, 11) is 1.84. The van der Waals surface area contributed by atoms with E-state index in [2.05, 4.69) is 5.10 Å². The Balaban J connectivity index is 1.84. The van der Waals surface area contributed by atoms with Gasteiger partial charge in [-0.05, 0) is 24.8 Å². The minimum atomic E-state index is -0.801. The molecule has 0 aliphatic carbocycles. The van der Waals surface area contributed by atoms with Crippen molar-refractivity contribution in [3.63, 3.8) is 0 Å². The van der Waals surface area contributed by atoms with Gasteiger partial charge in [-0.3, -0.25) is 14.3 Å². The van der Waals surface area contributed by atoms with Crippen molar-refractivity contribution in [1.82, 2.24) is 14.7 Å². The van der Waals surface area contributed by atoms with Crippen LogP contribution in [-0.2, 0) is 23.1 Å². The highest BCUT2D eigenvalue weighted by Gasteiger charge is 2.27. The lowest BCUT2D eigenvalue weighted by Gasteiger charge is -2.30. The van der Waals surface area contributed by atoms with Crippen molar-refractivity contribution in [1.29, 1.82) is 0 Å². The Morgan fingerprint density at radius 3 is 2.95 bits per heavy atom. The molecule has 0 saturated carbocycles. The lowest BCUT2D eigenvalue weighted by molar-refractivity contribution is -0.145. The molecule has 1 fully saturated rings. The molecule has 1 aliphatic rings. The fraction of sp³-hybridized carbons (Fsp3) is 0.615. The molecule has 1 amide bonds. The molecule has 2 heterocycles. The molecular weight excluding hydrogens is 246 g/mol. The number of carboxylic acids is 1. The number of likely N-dealkylation sites (tertiary alicyclic amines) is 1. The van der Waals surface area contributed by atoms with Crippen molar-refractivity contribution in [3.8, 4) is 0 Å². The van der Waals surface area contributed by atoms with Gasteiger partial charge in [-0.25, -0.2) is 0 Å². The van der Waals surface area contributed by atoms with Gasteiger partial charge in [0.25, 0.3) is 0 Å². The molecule has 0 aromatic carbocycles. The van der Waals surface area contributed by atoms with Gasteiger partial charge < -0.3 is 10.0 Å². The molecule has 6 heteroatoms. The first-order valence-electron chi connectivity index (χ1n) is 6.54. The minimum Gasteiger partial charge on any atom is -0.481 e. The predicted molar refractivity (Wildman–Crippen MR) is 68.5 cm³/mol. The highest BCUT2D eigenvalue weighted by Crippen LogP contribution is 2.17. The highest BCUT2D eigenvalue weighted by molar-refractivity contribution is 5.78. The van der Waals surface area contributed by atoms with Crippen molar-refractivity contribution in [2.45, 2.75) is 25.7 Å². The van der Waals surface area contributed by atoms with Crippen LogP contribution in [0.25, 0.3) is 0 Å². The molecule has 6 nitrogen and oxygen atoms in total. The lowest BCUT2D eigenvalue weighted by Crippen LogP contribution is -2.42. The number of rotatable bonds is 4. The number of amides is 1. The molecule has 1 aromatic heterocycles. The molecule has 2 rings (SSSR count). The van der Waals surface area contributed by atoms with Gasteiger partial charge in [-0.15, -0.1) is 0 Å². The molecular formula is C13H19N3O3. The van der Waals surface area contributed by atoms with E-state index in [1.54, 1.807) is 15.8 Å². The molecule has 1 aromatic rings. The SMILES string of the molecule is Cn1cc(CCC(=O)N2CCCC(C(=O)O)C2)cn1. The first kappa shape index (κ1) is 13.6. The van der Waals surface area contributed by atoms with Gasteiger partial charge in [0.15, 0.2) is 0 Å². The Kier molecular flexibility index (Phi) is 4.19. The summed E-state index contributed by atoms with van der Waals surface area (Å²) in [6.07, 6.45) is 6.16. The number of nitrogens with zero attached hydrogens (tertiary/aromatic N) is 3. The minimum absolute atomic E-state index is 0.0369. The molecule has 1 unspecified atom stereocenters. The van der Waals surface area contributed by atoms with Crippen molar-refractivity contribution in [2.24, 2.45) is 13.0 Å². The molecule has 104 valence electrons. The average Bonchev–Trinajstić information content (AvgIpc) is 2.82. The summed E-state index contributed by atoms with van der Waals surface area (Å²) in [6, 6.07) is 0. The molecule has 19 heavy (non-hydrogen) atoms. The number of carbonyl (C=O) groups excluding carboxylic acids is 1. The van der Waals surface area contributed by atoms with Crippen LogP contribution in [0.3, 0.4) is 0 Å². The van der Waals surface area contributed by atoms with Gasteiger partial charge in [0.2, 0.25) is 5.91 Å². The second kappa shape index (κ2) is 5.86. The Morgan fingerprint density at radius 2 is 2.32 bits per heavy atom. The zero-order valence-electron chi connectivity index (χ0n) is 11.1. The van der Waals surface area contributed by atoms with Crippen LogP contribution in [0.4, 0.5) is 0 Å². The molecule has 0 bridgehead atoms. The predicted octanol–water partition coefficient (Wildman–Crippen LogP) is 0.676. The third-order valence-electron chi connectivity index (χ3n) is 3.51. The van der Waals surface area contributed by atoms with Gasteiger partial charge in [0.05, 0.1) is 12.1 Å². The summed E-state index contributed by atoms with van der Waals surface area (Å²) in [4.78, 5) is 24.7. The number of carbonyl (C=O) groups is 2. The molecule has 0 radical (unpaired) electrons. The fourth-order valence-electron chi connectivity index (χ4n) is 2.42. The van der Waals surface area contributed by atoms with Crippen LogP contribution in [0.1, 0.15) is 24.8 Å². The van der Waals surface area contributed by atoms with Crippen LogP contribution < -0.4 is 0 Å². The standard InChI is InChI=1S/C13H19N3O3/c1-15-8-10(7-14-15)4-5-12(17)16-6-2-3-11(9-16)13(18)19/h7-8,11H,2-6,9H2,1H3,(H,18,19). The van der Waals surface area contributed by atoms with Crippen LogP contribution in [0.2, 0.25) is 0 Å². The Labute approximate surface area is 112 Å². The van der Waals surface area contributed by atoms with Crippen molar-refractivity contribution in [3.05, 3.63) is 18.0 Å². The summed E-state index contributed by atoms with van der Waals surface area (Å²) in [5, 5.41) is 13.1. The largest absolute Gasteiger partial charge is 0.481 e. The second-order valence-electron chi connectivity index (χ2n) is 5.04. The average molecular weight is 265 g/mol. The van der Waals surface area contributed by atoms with E-state index in [0.29, 0.717) is 32.4 Å². The molecule has 1 saturated heterocycles. The Morgan fingerprint density at radius 1 is 1.53 bits per heavy atom. The van der Waals surface area contributed by atoms with E-state index < -0.39 is 11.9 Å². The van der Waals surface area contributed by atoms with Gasteiger partial charge in [0.1, 0.15) is 0 Å². The summed E-state index contributed by atoms with van der Waals surface area (Å²) >= 11 is 0. The number of aryl methyl sites for hydroxylation is 2. The van der Waals surface area contributed by atoms with Crippen LogP contribution >= 0.6 is 0 Å². The number of aromatic nitrogens is 2. The van der Waals surface area contributed by atoms with Crippen LogP contribution in [-0.4, -0.2) is 44.8 Å². The summed E-state index contributed by atoms with van der Waals surface area (Å²) in [5.74, 6) is -1.17. The van der Waals surface area contributed by atoms with E-state index in [0.717, 1.165) is 12.0 Å². The van der Waals surface area contributed by atoms with E-state index in [-0.39, 0.29) is 5.91 Å². The maximum Gasteiger partial charge on any atom is 0.308 e. The third-order valence-corrected chi connectivity index (χ3v) is 3.51. The lowest BCUT2D eigenvalue weighted by atomic mass is 9.98. The Hall–Kier alpha value is -1.85. The maximum atomic E-state index is 12.1.